The number of amides is 2. The molecule has 5 nitrogen and oxygen atoms in total. The molecule has 7 heteroatoms. The van der Waals surface area contributed by atoms with Crippen LogP contribution in [0.25, 0.3) is 21.6 Å². The van der Waals surface area contributed by atoms with Crippen LogP contribution in [0.1, 0.15) is 43.7 Å². The molecule has 172 valence electrons. The van der Waals surface area contributed by atoms with Crippen molar-refractivity contribution >= 4 is 34.8 Å². The van der Waals surface area contributed by atoms with Crippen molar-refractivity contribution in [3.8, 4) is 21.6 Å². The lowest BCUT2D eigenvalue weighted by atomic mass is 9.90. The van der Waals surface area contributed by atoms with E-state index in [1.807, 2.05) is 25.3 Å². The summed E-state index contributed by atoms with van der Waals surface area (Å²) in [4.78, 5) is 34.1. The van der Waals surface area contributed by atoms with E-state index in [0.717, 1.165) is 27.3 Å². The molecule has 1 saturated heterocycles. The number of hydrogen-bond donors (Lipinski definition) is 0. The molecule has 0 spiro atoms. The van der Waals surface area contributed by atoms with Crippen LogP contribution in [0.5, 0.6) is 0 Å². The van der Waals surface area contributed by atoms with E-state index in [1.54, 1.807) is 33.3 Å². The SMILES string of the molecule is CCN1CCN(C(=O)c2ccc(-c3csc(-c4ccnc(C(C)(C)C)c4)c3)c(Cl)c2)CC1=O. The van der Waals surface area contributed by atoms with E-state index in [-0.39, 0.29) is 23.8 Å². The number of pyridine rings is 1. The molecule has 0 unspecified atom stereocenters. The molecule has 2 amide bonds. The van der Waals surface area contributed by atoms with Crippen LogP contribution in [-0.2, 0) is 10.2 Å². The van der Waals surface area contributed by atoms with Gasteiger partial charge in [0, 0.05) is 58.0 Å². The first-order valence-electron chi connectivity index (χ1n) is 11.1. The van der Waals surface area contributed by atoms with Gasteiger partial charge in [0.15, 0.2) is 0 Å². The third kappa shape index (κ3) is 4.97. The molecule has 4 rings (SSSR count). The Balaban J connectivity index is 1.54. The molecule has 1 aliphatic rings. The zero-order valence-corrected chi connectivity index (χ0v) is 21.0. The first-order valence-corrected chi connectivity index (χ1v) is 12.4. The first kappa shape index (κ1) is 23.5. The van der Waals surface area contributed by atoms with Crippen molar-refractivity contribution in [3.63, 3.8) is 0 Å². The molecule has 2 aromatic heterocycles. The number of benzene rings is 1. The van der Waals surface area contributed by atoms with Gasteiger partial charge in [-0.2, -0.15) is 0 Å². The fourth-order valence-corrected chi connectivity index (χ4v) is 5.10. The number of carbonyl (C=O) groups is 2. The predicted molar refractivity (Wildman–Crippen MR) is 135 cm³/mol. The number of thiophene rings is 1. The van der Waals surface area contributed by atoms with Gasteiger partial charge < -0.3 is 9.80 Å². The van der Waals surface area contributed by atoms with Crippen molar-refractivity contribution in [1.29, 1.82) is 0 Å². The quantitative estimate of drug-likeness (QED) is 0.478. The molecule has 0 radical (unpaired) electrons. The second kappa shape index (κ2) is 9.27. The van der Waals surface area contributed by atoms with Crippen LogP contribution in [0.3, 0.4) is 0 Å². The number of rotatable bonds is 4. The van der Waals surface area contributed by atoms with E-state index in [0.29, 0.717) is 30.2 Å². The van der Waals surface area contributed by atoms with Crippen molar-refractivity contribution in [2.75, 3.05) is 26.2 Å². The highest BCUT2D eigenvalue weighted by molar-refractivity contribution is 7.14. The van der Waals surface area contributed by atoms with Crippen LogP contribution in [-0.4, -0.2) is 52.8 Å². The molecule has 0 N–H and O–H groups in total. The van der Waals surface area contributed by atoms with Crippen molar-refractivity contribution in [1.82, 2.24) is 14.8 Å². The fraction of sp³-hybridized carbons (Fsp3) is 0.346. The minimum atomic E-state index is -0.162. The molecule has 0 atom stereocenters. The second-order valence-corrected chi connectivity index (χ2v) is 10.6. The highest BCUT2D eigenvalue weighted by Gasteiger charge is 2.27. The molecular weight excluding hydrogens is 454 g/mol. The molecule has 33 heavy (non-hydrogen) atoms. The topological polar surface area (TPSA) is 53.5 Å². The lowest BCUT2D eigenvalue weighted by Gasteiger charge is -2.33. The molecule has 3 aromatic rings. The number of carbonyl (C=O) groups excluding carboxylic acids is 2. The van der Waals surface area contributed by atoms with E-state index >= 15 is 0 Å². The van der Waals surface area contributed by atoms with Crippen LogP contribution in [0.2, 0.25) is 5.02 Å². The molecule has 1 fully saturated rings. The Kier molecular flexibility index (Phi) is 6.59. The Hall–Kier alpha value is -2.70. The van der Waals surface area contributed by atoms with Crippen LogP contribution in [0, 0.1) is 0 Å². The maximum atomic E-state index is 12.9. The van der Waals surface area contributed by atoms with Crippen molar-refractivity contribution in [3.05, 3.63) is 64.3 Å². The maximum Gasteiger partial charge on any atom is 0.254 e. The zero-order valence-electron chi connectivity index (χ0n) is 19.4. The summed E-state index contributed by atoms with van der Waals surface area (Å²) in [7, 11) is 0. The van der Waals surface area contributed by atoms with Crippen molar-refractivity contribution in [2.45, 2.75) is 33.1 Å². The van der Waals surface area contributed by atoms with Gasteiger partial charge in [0.25, 0.3) is 5.91 Å². The van der Waals surface area contributed by atoms with Crippen molar-refractivity contribution in [2.24, 2.45) is 0 Å². The lowest BCUT2D eigenvalue weighted by Crippen LogP contribution is -2.52. The smallest absolute Gasteiger partial charge is 0.254 e. The summed E-state index contributed by atoms with van der Waals surface area (Å²) in [6.07, 6.45) is 1.85. The number of aromatic nitrogens is 1. The Morgan fingerprint density at radius 2 is 1.91 bits per heavy atom. The standard InChI is InChI=1S/C26H28ClN3O2S/c1-5-29-10-11-30(15-24(29)31)25(32)18-6-7-20(21(27)12-18)19-13-22(33-16-19)17-8-9-28-23(14-17)26(2,3)4/h6-9,12-14,16H,5,10-11,15H2,1-4H3. The monoisotopic (exact) mass is 481 g/mol. The second-order valence-electron chi connectivity index (χ2n) is 9.27. The molecule has 0 saturated carbocycles. The van der Waals surface area contributed by atoms with Gasteiger partial charge in [-0.25, -0.2) is 0 Å². The highest BCUT2D eigenvalue weighted by atomic mass is 35.5. The number of halogens is 1. The van der Waals surface area contributed by atoms with Crippen LogP contribution in [0.4, 0.5) is 0 Å². The maximum absolute atomic E-state index is 12.9. The molecule has 1 aliphatic heterocycles. The molecule has 3 heterocycles. The third-order valence-corrected chi connectivity index (χ3v) is 7.22. The minimum absolute atomic E-state index is 0.0173. The van der Waals surface area contributed by atoms with Gasteiger partial charge in [-0.05, 0) is 53.8 Å². The van der Waals surface area contributed by atoms with E-state index in [9.17, 15) is 9.59 Å². The average molecular weight is 482 g/mol. The van der Waals surface area contributed by atoms with E-state index in [2.05, 4.69) is 43.3 Å². The summed E-state index contributed by atoms with van der Waals surface area (Å²) in [5, 5.41) is 2.60. The minimum Gasteiger partial charge on any atom is -0.340 e. The van der Waals surface area contributed by atoms with Gasteiger partial charge in [-0.1, -0.05) is 38.4 Å². The van der Waals surface area contributed by atoms with E-state index in [1.165, 1.54) is 0 Å². The highest BCUT2D eigenvalue weighted by Crippen LogP contribution is 2.37. The fourth-order valence-electron chi connectivity index (χ4n) is 3.90. The normalized spacial score (nSPS) is 14.6. The summed E-state index contributed by atoms with van der Waals surface area (Å²) in [6, 6.07) is 11.7. The van der Waals surface area contributed by atoms with Gasteiger partial charge in [0.2, 0.25) is 5.91 Å². The summed E-state index contributed by atoms with van der Waals surface area (Å²) in [6.45, 7) is 10.3. The first-order chi connectivity index (χ1) is 15.7. The summed E-state index contributed by atoms with van der Waals surface area (Å²) in [5.74, 6) is -0.179. The number of hydrogen-bond acceptors (Lipinski definition) is 4. The summed E-state index contributed by atoms with van der Waals surface area (Å²) >= 11 is 8.27. The van der Waals surface area contributed by atoms with Crippen LogP contribution < -0.4 is 0 Å². The van der Waals surface area contributed by atoms with Gasteiger partial charge in [-0.15, -0.1) is 11.3 Å². The summed E-state index contributed by atoms with van der Waals surface area (Å²) in [5.41, 5.74) is 4.56. The molecular formula is C26H28ClN3O2S. The van der Waals surface area contributed by atoms with E-state index in [4.69, 9.17) is 11.6 Å². The van der Waals surface area contributed by atoms with Crippen molar-refractivity contribution < 1.29 is 9.59 Å². The predicted octanol–water partition coefficient (Wildman–Crippen LogP) is 5.73. The van der Waals surface area contributed by atoms with Gasteiger partial charge in [0.05, 0.1) is 0 Å². The Labute approximate surface area is 204 Å². The largest absolute Gasteiger partial charge is 0.340 e. The average Bonchev–Trinajstić information content (AvgIpc) is 3.28. The molecule has 0 aliphatic carbocycles. The molecule has 1 aromatic carbocycles. The Morgan fingerprint density at radius 3 is 2.58 bits per heavy atom. The number of likely N-dealkylation sites (N-methyl/N-ethyl adjacent to an activating group) is 1. The molecule has 0 bridgehead atoms. The van der Waals surface area contributed by atoms with Crippen LogP contribution in [0.15, 0.2) is 48.0 Å². The lowest BCUT2D eigenvalue weighted by molar-refractivity contribution is -0.134. The third-order valence-electron chi connectivity index (χ3n) is 5.93. The van der Waals surface area contributed by atoms with Gasteiger partial charge in [-0.3, -0.25) is 14.6 Å². The Morgan fingerprint density at radius 1 is 1.12 bits per heavy atom. The van der Waals surface area contributed by atoms with Crippen LogP contribution >= 0.6 is 22.9 Å². The van der Waals surface area contributed by atoms with E-state index < -0.39 is 0 Å². The van der Waals surface area contributed by atoms with Gasteiger partial charge in [0.1, 0.15) is 6.54 Å². The summed E-state index contributed by atoms with van der Waals surface area (Å²) < 4.78 is 0. The number of nitrogens with zero attached hydrogens (tertiary/aromatic N) is 3. The van der Waals surface area contributed by atoms with Gasteiger partial charge >= 0.3 is 0 Å². The zero-order chi connectivity index (χ0) is 23.8. The Bertz CT molecular complexity index is 1200. The number of piperazine rings is 1.